The van der Waals surface area contributed by atoms with Crippen molar-refractivity contribution >= 4 is 45.2 Å². The van der Waals surface area contributed by atoms with Crippen molar-refractivity contribution < 1.29 is 0 Å². The number of nitrogens with zero attached hydrogens (tertiary/aromatic N) is 2. The first-order chi connectivity index (χ1) is 5.49. The molecule has 1 rings (SSSR count). The molecular formula is C7H11I2N3. The first-order valence-corrected chi connectivity index (χ1v) is 5.73. The fraction of sp³-hybridized carbons (Fsp3) is 0.571. The van der Waals surface area contributed by atoms with Gasteiger partial charge >= 0.3 is 0 Å². The Labute approximate surface area is 99.4 Å². The maximum Gasteiger partial charge on any atom is 0.132 e. The maximum atomic E-state index is 5.66. The molecule has 0 spiro atoms. The fourth-order valence-electron chi connectivity index (χ4n) is 0.832. The highest BCUT2D eigenvalue weighted by molar-refractivity contribution is 14.1. The van der Waals surface area contributed by atoms with Gasteiger partial charge in [0.15, 0.2) is 0 Å². The molecule has 0 amide bonds. The number of hydrogen-bond acceptors (Lipinski definition) is 2. The van der Waals surface area contributed by atoms with Crippen molar-refractivity contribution in [3.63, 3.8) is 0 Å². The van der Waals surface area contributed by atoms with Crippen LogP contribution in [0.2, 0.25) is 0 Å². The highest BCUT2D eigenvalue weighted by atomic mass is 127. The van der Waals surface area contributed by atoms with Gasteiger partial charge in [0.25, 0.3) is 0 Å². The third kappa shape index (κ3) is 1.92. The zero-order chi connectivity index (χ0) is 9.35. The lowest BCUT2D eigenvalue weighted by Gasteiger charge is -2.25. The summed E-state index contributed by atoms with van der Waals surface area (Å²) in [6.07, 6.45) is 1.84. The summed E-state index contributed by atoms with van der Waals surface area (Å²) >= 11 is 4.51. The van der Waals surface area contributed by atoms with E-state index in [1.807, 2.05) is 6.33 Å². The monoisotopic (exact) mass is 391 g/mol. The molecule has 0 aliphatic carbocycles. The highest BCUT2D eigenvalue weighted by Crippen LogP contribution is 2.21. The molecule has 0 aromatic carbocycles. The summed E-state index contributed by atoms with van der Waals surface area (Å²) < 4.78 is 4.30. The van der Waals surface area contributed by atoms with E-state index in [4.69, 9.17) is 5.73 Å². The zero-order valence-electron chi connectivity index (χ0n) is 7.01. The lowest BCUT2D eigenvalue weighted by molar-refractivity contribution is 0.359. The summed E-state index contributed by atoms with van der Waals surface area (Å²) in [4.78, 5) is 4.22. The molecule has 1 heterocycles. The van der Waals surface area contributed by atoms with Crippen LogP contribution in [0.5, 0.6) is 0 Å². The van der Waals surface area contributed by atoms with Crippen LogP contribution >= 0.6 is 45.2 Å². The molecule has 68 valence electrons. The molecule has 1 aromatic heterocycles. The summed E-state index contributed by atoms with van der Waals surface area (Å²) in [5.41, 5.74) is 5.63. The van der Waals surface area contributed by atoms with E-state index in [0.717, 1.165) is 7.40 Å². The average Bonchev–Trinajstić information content (AvgIpc) is 2.33. The van der Waals surface area contributed by atoms with E-state index in [9.17, 15) is 0 Å². The number of aromatic nitrogens is 2. The van der Waals surface area contributed by atoms with Crippen LogP contribution in [0.4, 0.5) is 0 Å². The number of rotatable bonds is 2. The molecule has 1 aromatic rings. The molecule has 12 heavy (non-hydrogen) atoms. The van der Waals surface area contributed by atoms with Crippen molar-refractivity contribution in [1.29, 1.82) is 0 Å². The second-order valence-corrected chi connectivity index (χ2v) is 5.26. The molecule has 5 heteroatoms. The summed E-state index contributed by atoms with van der Waals surface area (Å²) in [5.74, 6) is 0. The molecule has 0 bridgehead atoms. The predicted octanol–water partition coefficient (Wildman–Crippen LogP) is 1.79. The van der Waals surface area contributed by atoms with Gasteiger partial charge in [-0.05, 0) is 59.0 Å². The van der Waals surface area contributed by atoms with Gasteiger partial charge in [0, 0.05) is 6.54 Å². The Morgan fingerprint density at radius 3 is 2.50 bits per heavy atom. The van der Waals surface area contributed by atoms with Crippen molar-refractivity contribution in [1.82, 2.24) is 9.55 Å². The van der Waals surface area contributed by atoms with Gasteiger partial charge in [-0.25, -0.2) is 4.98 Å². The average molecular weight is 391 g/mol. The third-order valence-corrected chi connectivity index (χ3v) is 4.67. The van der Waals surface area contributed by atoms with Crippen LogP contribution in [0.25, 0.3) is 0 Å². The lowest BCUT2D eigenvalue weighted by atomic mass is 10.1. The largest absolute Gasteiger partial charge is 0.328 e. The number of halogens is 2. The van der Waals surface area contributed by atoms with Gasteiger partial charge in [-0.15, -0.1) is 0 Å². The summed E-state index contributed by atoms with van der Waals surface area (Å²) in [6.45, 7) is 4.83. The second kappa shape index (κ2) is 3.79. The molecular weight excluding hydrogens is 380 g/mol. The van der Waals surface area contributed by atoms with Gasteiger partial charge in [0.1, 0.15) is 7.40 Å². The number of imidazole rings is 1. The predicted molar refractivity (Wildman–Crippen MR) is 66.0 cm³/mol. The summed E-state index contributed by atoms with van der Waals surface area (Å²) in [6, 6.07) is 0. The molecule has 0 radical (unpaired) electrons. The fourth-order valence-corrected chi connectivity index (χ4v) is 2.13. The number of nitrogens with two attached hydrogens (primary N) is 1. The highest BCUT2D eigenvalue weighted by Gasteiger charge is 2.21. The van der Waals surface area contributed by atoms with Crippen molar-refractivity contribution in [2.75, 3.05) is 6.54 Å². The van der Waals surface area contributed by atoms with E-state index in [1.165, 1.54) is 0 Å². The van der Waals surface area contributed by atoms with Gasteiger partial charge in [-0.2, -0.15) is 0 Å². The Morgan fingerprint density at radius 1 is 1.58 bits per heavy atom. The molecule has 0 saturated carbocycles. The van der Waals surface area contributed by atoms with Gasteiger partial charge in [0.05, 0.1) is 11.9 Å². The first-order valence-electron chi connectivity index (χ1n) is 3.58. The molecule has 3 nitrogen and oxygen atoms in total. The molecule has 0 atom stereocenters. The Hall–Kier alpha value is 0.630. The van der Waals surface area contributed by atoms with E-state index in [2.05, 4.69) is 68.6 Å². The molecule has 0 aliphatic rings. The second-order valence-electron chi connectivity index (χ2n) is 3.21. The van der Waals surface area contributed by atoms with Crippen LogP contribution < -0.4 is 5.73 Å². The SMILES string of the molecule is CC(C)(CN)n1cnc(I)c1I. The maximum absolute atomic E-state index is 5.66. The van der Waals surface area contributed by atoms with Gasteiger partial charge in [-0.1, -0.05) is 0 Å². The van der Waals surface area contributed by atoms with E-state index >= 15 is 0 Å². The smallest absolute Gasteiger partial charge is 0.132 e. The van der Waals surface area contributed by atoms with Crippen LogP contribution in [-0.4, -0.2) is 16.1 Å². The molecule has 0 unspecified atom stereocenters. The van der Waals surface area contributed by atoms with E-state index in [1.54, 1.807) is 0 Å². The van der Waals surface area contributed by atoms with Crippen molar-refractivity contribution in [3.05, 3.63) is 13.7 Å². The van der Waals surface area contributed by atoms with Crippen LogP contribution in [0.3, 0.4) is 0 Å². The normalized spacial score (nSPS) is 12.1. The van der Waals surface area contributed by atoms with E-state index < -0.39 is 0 Å². The quantitative estimate of drug-likeness (QED) is 0.782. The first kappa shape index (κ1) is 10.7. The Morgan fingerprint density at radius 2 is 2.17 bits per heavy atom. The summed E-state index contributed by atoms with van der Waals surface area (Å²) in [5, 5.41) is 0. The minimum Gasteiger partial charge on any atom is -0.328 e. The molecule has 0 aliphatic heterocycles. The van der Waals surface area contributed by atoms with E-state index in [0.29, 0.717) is 6.54 Å². The van der Waals surface area contributed by atoms with Gasteiger partial charge in [0.2, 0.25) is 0 Å². The van der Waals surface area contributed by atoms with Crippen LogP contribution in [-0.2, 0) is 5.54 Å². The standard InChI is InChI=1S/C7H11I2N3/c1-7(2,3-10)12-4-11-5(8)6(12)9/h4H,3,10H2,1-2H3. The topological polar surface area (TPSA) is 43.8 Å². The Kier molecular flexibility index (Phi) is 3.38. The Bertz CT molecular complexity index is 280. The van der Waals surface area contributed by atoms with Crippen molar-refractivity contribution in [2.24, 2.45) is 5.73 Å². The lowest BCUT2D eigenvalue weighted by Crippen LogP contribution is -2.35. The van der Waals surface area contributed by atoms with Crippen molar-refractivity contribution in [2.45, 2.75) is 19.4 Å². The zero-order valence-corrected chi connectivity index (χ0v) is 11.3. The van der Waals surface area contributed by atoms with Crippen LogP contribution in [0.1, 0.15) is 13.8 Å². The number of hydrogen-bond donors (Lipinski definition) is 1. The van der Waals surface area contributed by atoms with Crippen LogP contribution in [0.15, 0.2) is 6.33 Å². The van der Waals surface area contributed by atoms with Crippen LogP contribution in [0, 0.1) is 7.40 Å². The molecule has 0 fully saturated rings. The minimum atomic E-state index is -0.0348. The minimum absolute atomic E-state index is 0.0348. The molecule has 2 N–H and O–H groups in total. The van der Waals surface area contributed by atoms with Gasteiger partial charge < -0.3 is 10.3 Å². The van der Waals surface area contributed by atoms with Gasteiger partial charge in [-0.3, -0.25) is 0 Å². The van der Waals surface area contributed by atoms with E-state index in [-0.39, 0.29) is 5.54 Å². The third-order valence-electron chi connectivity index (χ3n) is 1.82. The Balaban J connectivity index is 3.11. The van der Waals surface area contributed by atoms with Crippen molar-refractivity contribution in [3.8, 4) is 0 Å². The molecule has 0 saturated heterocycles. The summed E-state index contributed by atoms with van der Waals surface area (Å²) in [7, 11) is 0.